The zero-order valence-electron chi connectivity index (χ0n) is 20.4. The lowest BCUT2D eigenvalue weighted by Crippen LogP contribution is -2.42. The number of rotatable bonds is 6. The maximum Gasteiger partial charge on any atom is 0.255 e. The van der Waals surface area contributed by atoms with E-state index in [9.17, 15) is 9.18 Å². The van der Waals surface area contributed by atoms with Gasteiger partial charge in [-0.15, -0.1) is 0 Å². The van der Waals surface area contributed by atoms with Crippen LogP contribution in [0.2, 0.25) is 0 Å². The van der Waals surface area contributed by atoms with Crippen LogP contribution in [0.1, 0.15) is 40.7 Å². The molecule has 8 nitrogen and oxygen atoms in total. The Balaban J connectivity index is 1.52. The predicted octanol–water partition coefficient (Wildman–Crippen LogP) is 3.41. The summed E-state index contributed by atoms with van der Waals surface area (Å²) in [7, 11) is 2.07. The zero-order chi connectivity index (χ0) is 24.6. The molecular formula is C26H32FN5O3. The van der Waals surface area contributed by atoms with Crippen LogP contribution in [-0.4, -0.2) is 68.0 Å². The number of aromatic nitrogens is 1. The van der Waals surface area contributed by atoms with Crippen LogP contribution in [0, 0.1) is 12.7 Å². The van der Waals surface area contributed by atoms with Crippen LogP contribution in [0.5, 0.6) is 0 Å². The Bertz CT molecular complexity index is 1190. The number of hydrogen-bond donors (Lipinski definition) is 3. The van der Waals surface area contributed by atoms with Gasteiger partial charge in [-0.2, -0.15) is 0 Å². The third-order valence-corrected chi connectivity index (χ3v) is 7.15. The number of carbonyl (C=O) groups is 1. The van der Waals surface area contributed by atoms with Gasteiger partial charge in [-0.05, 0) is 33.0 Å². The first-order valence-electron chi connectivity index (χ1n) is 12.1. The lowest BCUT2D eigenvalue weighted by atomic mass is 9.79. The van der Waals surface area contributed by atoms with E-state index in [2.05, 4.69) is 39.5 Å². The van der Waals surface area contributed by atoms with E-state index in [-0.39, 0.29) is 17.8 Å². The molecule has 2 atom stereocenters. The summed E-state index contributed by atoms with van der Waals surface area (Å²) in [5.41, 5.74) is 3.39. The fourth-order valence-electron chi connectivity index (χ4n) is 4.97. The Kier molecular flexibility index (Phi) is 6.37. The van der Waals surface area contributed by atoms with Crippen molar-refractivity contribution in [1.29, 1.82) is 0 Å². The highest BCUT2D eigenvalue weighted by Crippen LogP contribution is 2.44. The SMILES string of the molecule is Cc1c(F)cccc1Nc1c(C2(C)CC=NC=C2OCC2CN(C)CCO2)[nH]c2c1C(=O)NCC2. The molecule has 1 aromatic heterocycles. The molecule has 1 fully saturated rings. The van der Waals surface area contributed by atoms with Gasteiger partial charge >= 0.3 is 0 Å². The number of hydrogen-bond acceptors (Lipinski definition) is 6. The quantitative estimate of drug-likeness (QED) is 0.588. The third kappa shape index (κ3) is 4.46. The molecule has 5 rings (SSSR count). The highest BCUT2D eigenvalue weighted by Gasteiger charge is 2.41. The van der Waals surface area contributed by atoms with E-state index in [1.165, 1.54) is 6.07 Å². The van der Waals surface area contributed by atoms with Crippen LogP contribution < -0.4 is 10.6 Å². The first kappa shape index (κ1) is 23.6. The molecule has 35 heavy (non-hydrogen) atoms. The maximum atomic E-state index is 14.3. The van der Waals surface area contributed by atoms with Crippen molar-refractivity contribution in [3.8, 4) is 0 Å². The van der Waals surface area contributed by atoms with Gasteiger partial charge in [0.05, 0.1) is 35.2 Å². The van der Waals surface area contributed by atoms with E-state index in [1.807, 2.05) is 12.3 Å². The molecule has 0 spiro atoms. The summed E-state index contributed by atoms with van der Waals surface area (Å²) in [6.45, 7) is 7.17. The van der Waals surface area contributed by atoms with Gasteiger partial charge in [-0.1, -0.05) is 6.07 Å². The standard InChI is InChI=1S/C26H32FN5O3/c1-16-18(27)5-4-6-19(16)30-23-22-20(7-9-29-25(22)33)31-24(23)26(2)8-10-28-13-21(26)35-15-17-14-32(3)11-12-34-17/h4-6,10,13,17,30-31H,7-9,11-12,14-15H2,1-3H3,(H,29,33). The van der Waals surface area contributed by atoms with Crippen LogP contribution in [0.3, 0.4) is 0 Å². The van der Waals surface area contributed by atoms with Crippen molar-refractivity contribution in [2.24, 2.45) is 4.99 Å². The van der Waals surface area contributed by atoms with E-state index in [0.29, 0.717) is 60.9 Å². The van der Waals surface area contributed by atoms with E-state index < -0.39 is 5.41 Å². The Morgan fingerprint density at radius 2 is 2.26 bits per heavy atom. The van der Waals surface area contributed by atoms with Gasteiger partial charge < -0.3 is 30.0 Å². The van der Waals surface area contributed by atoms with Crippen LogP contribution in [0.15, 0.2) is 35.2 Å². The number of nitrogens with one attached hydrogen (secondary N) is 3. The number of halogens is 1. The number of anilines is 2. The Morgan fingerprint density at radius 1 is 1.40 bits per heavy atom. The van der Waals surface area contributed by atoms with Gasteiger partial charge in [0, 0.05) is 55.6 Å². The second kappa shape index (κ2) is 9.47. The number of H-pyrrole nitrogens is 1. The second-order valence-electron chi connectivity index (χ2n) is 9.70. The van der Waals surface area contributed by atoms with Crippen LogP contribution in [0.4, 0.5) is 15.8 Å². The minimum atomic E-state index is -0.608. The van der Waals surface area contributed by atoms with Gasteiger partial charge in [0.1, 0.15) is 24.3 Å². The molecule has 0 bridgehead atoms. The molecule has 4 heterocycles. The van der Waals surface area contributed by atoms with Crippen molar-refractivity contribution in [3.05, 3.63) is 58.5 Å². The highest BCUT2D eigenvalue weighted by molar-refractivity contribution is 6.03. The normalized spacial score (nSPS) is 24.5. The molecule has 2 unspecified atom stereocenters. The van der Waals surface area contributed by atoms with Gasteiger partial charge in [-0.3, -0.25) is 9.79 Å². The summed E-state index contributed by atoms with van der Waals surface area (Å²) >= 11 is 0. The molecule has 1 saturated heterocycles. The number of allylic oxidation sites excluding steroid dienone is 1. The smallest absolute Gasteiger partial charge is 0.255 e. The fourth-order valence-corrected chi connectivity index (χ4v) is 4.97. The number of likely N-dealkylation sites (N-methyl/N-ethyl adjacent to an activating group) is 1. The summed E-state index contributed by atoms with van der Waals surface area (Å²) in [5.74, 6) is 0.251. The molecule has 1 aromatic carbocycles. The number of amides is 1. The molecule has 2 aromatic rings. The van der Waals surface area contributed by atoms with Gasteiger partial charge in [-0.25, -0.2) is 4.39 Å². The number of nitrogens with zero attached hydrogens (tertiary/aromatic N) is 2. The van der Waals surface area contributed by atoms with E-state index in [4.69, 9.17) is 9.47 Å². The second-order valence-corrected chi connectivity index (χ2v) is 9.70. The number of morpholine rings is 1. The number of aliphatic imine (C=N–C) groups is 1. The van der Waals surface area contributed by atoms with Crippen molar-refractivity contribution in [2.75, 3.05) is 45.2 Å². The summed E-state index contributed by atoms with van der Waals surface area (Å²) < 4.78 is 26.5. The lowest BCUT2D eigenvalue weighted by Gasteiger charge is -2.35. The van der Waals surface area contributed by atoms with Gasteiger partial charge in [0.2, 0.25) is 0 Å². The van der Waals surface area contributed by atoms with E-state index in [1.54, 1.807) is 19.2 Å². The van der Waals surface area contributed by atoms with Gasteiger partial charge in [0.25, 0.3) is 5.91 Å². The summed E-state index contributed by atoms with van der Waals surface area (Å²) in [6, 6.07) is 4.91. The monoisotopic (exact) mass is 481 g/mol. The molecule has 3 aliphatic heterocycles. The number of fused-ring (bicyclic) bond motifs is 1. The van der Waals surface area contributed by atoms with Crippen LogP contribution in [0.25, 0.3) is 0 Å². The lowest BCUT2D eigenvalue weighted by molar-refractivity contribution is -0.0553. The van der Waals surface area contributed by atoms with Crippen molar-refractivity contribution in [2.45, 2.75) is 38.2 Å². The minimum absolute atomic E-state index is 0.0278. The Hall–Kier alpha value is -3.17. The first-order valence-corrected chi connectivity index (χ1v) is 12.1. The molecule has 3 aliphatic rings. The van der Waals surface area contributed by atoms with Gasteiger partial charge in [0.15, 0.2) is 0 Å². The topological polar surface area (TPSA) is 91.0 Å². The van der Waals surface area contributed by atoms with Crippen molar-refractivity contribution >= 4 is 23.5 Å². The largest absolute Gasteiger partial charge is 0.493 e. The summed E-state index contributed by atoms with van der Waals surface area (Å²) in [4.78, 5) is 23.1. The molecule has 1 amide bonds. The number of benzene rings is 1. The number of aromatic amines is 1. The molecule has 0 saturated carbocycles. The van der Waals surface area contributed by atoms with E-state index >= 15 is 0 Å². The zero-order valence-corrected chi connectivity index (χ0v) is 20.4. The average molecular weight is 482 g/mol. The minimum Gasteiger partial charge on any atom is -0.493 e. The molecule has 0 radical (unpaired) electrons. The molecule has 0 aliphatic carbocycles. The maximum absolute atomic E-state index is 14.3. The summed E-state index contributed by atoms with van der Waals surface area (Å²) in [5, 5.41) is 6.32. The predicted molar refractivity (Wildman–Crippen MR) is 133 cm³/mol. The molecule has 9 heteroatoms. The average Bonchev–Trinajstić information content (AvgIpc) is 3.22. The molecular weight excluding hydrogens is 449 g/mol. The Labute approximate surface area is 204 Å². The molecule has 186 valence electrons. The van der Waals surface area contributed by atoms with Crippen molar-refractivity contribution in [1.82, 2.24) is 15.2 Å². The van der Waals surface area contributed by atoms with Crippen LogP contribution >= 0.6 is 0 Å². The highest BCUT2D eigenvalue weighted by atomic mass is 19.1. The number of carbonyl (C=O) groups excluding carboxylic acids is 1. The Morgan fingerprint density at radius 3 is 3.09 bits per heavy atom. The number of ether oxygens (including phenoxy) is 2. The summed E-state index contributed by atoms with van der Waals surface area (Å²) in [6.07, 6.45) is 4.84. The fraction of sp³-hybridized carbons (Fsp3) is 0.462. The van der Waals surface area contributed by atoms with E-state index in [0.717, 1.165) is 24.5 Å². The first-order chi connectivity index (χ1) is 16.9. The third-order valence-electron chi connectivity index (χ3n) is 7.15. The molecule has 3 N–H and O–H groups in total. The van der Waals surface area contributed by atoms with Crippen molar-refractivity contribution < 1.29 is 18.7 Å². The van der Waals surface area contributed by atoms with Crippen molar-refractivity contribution in [3.63, 3.8) is 0 Å². The van der Waals surface area contributed by atoms with Crippen LogP contribution in [-0.2, 0) is 21.3 Å².